The van der Waals surface area contributed by atoms with Crippen LogP contribution < -0.4 is 10.6 Å². The van der Waals surface area contributed by atoms with Gasteiger partial charge in [-0.3, -0.25) is 14.4 Å². The van der Waals surface area contributed by atoms with Crippen LogP contribution in [0.4, 0.5) is 0 Å². The topological polar surface area (TPSA) is 115 Å². The average molecular weight is 609 g/mol. The largest absolute Gasteiger partial charge is 0.459 e. The van der Waals surface area contributed by atoms with Gasteiger partial charge < -0.3 is 29.6 Å². The molecule has 0 saturated carbocycles. The Morgan fingerprint density at radius 3 is 2.55 bits per heavy atom. The van der Waals surface area contributed by atoms with E-state index in [-0.39, 0.29) is 59.8 Å². The van der Waals surface area contributed by atoms with Gasteiger partial charge in [0.2, 0.25) is 11.8 Å². The van der Waals surface area contributed by atoms with Crippen molar-refractivity contribution in [2.75, 3.05) is 6.61 Å². The molecule has 3 fully saturated rings. The number of hydrogen-bond donors (Lipinski definition) is 2. The first kappa shape index (κ1) is 33.6. The van der Waals surface area contributed by atoms with E-state index in [1.165, 1.54) is 13.0 Å². The Bertz CT molecular complexity index is 1220. The normalized spacial score (nSPS) is 31.2. The summed E-state index contributed by atoms with van der Waals surface area (Å²) < 4.78 is 23.5. The van der Waals surface area contributed by atoms with Crippen LogP contribution in [0.2, 0.25) is 0 Å². The van der Waals surface area contributed by atoms with Gasteiger partial charge in [0, 0.05) is 32.4 Å². The van der Waals surface area contributed by atoms with Crippen LogP contribution in [0.3, 0.4) is 0 Å². The Kier molecular flexibility index (Phi) is 11.9. The monoisotopic (exact) mass is 608 g/mol. The summed E-state index contributed by atoms with van der Waals surface area (Å²) in [7, 11) is 0. The quantitative estimate of drug-likeness (QED) is 0.153. The van der Waals surface area contributed by atoms with Crippen molar-refractivity contribution in [1.82, 2.24) is 10.6 Å². The zero-order chi connectivity index (χ0) is 31.7. The second-order valence-corrected chi connectivity index (χ2v) is 12.6. The van der Waals surface area contributed by atoms with Crippen LogP contribution >= 0.6 is 0 Å². The number of allylic oxidation sites excluding steroid dienone is 2. The fraction of sp³-hybridized carbons (Fsp3) is 0.571. The molecule has 0 unspecified atom stereocenters. The van der Waals surface area contributed by atoms with E-state index in [0.717, 1.165) is 43.4 Å². The fourth-order valence-corrected chi connectivity index (χ4v) is 5.95. The molecule has 44 heavy (non-hydrogen) atoms. The molecule has 3 heterocycles. The first-order valence-corrected chi connectivity index (χ1v) is 15.8. The Balaban J connectivity index is 1.22. The first-order valence-electron chi connectivity index (χ1n) is 15.8. The Morgan fingerprint density at radius 2 is 1.84 bits per heavy atom. The van der Waals surface area contributed by atoms with Crippen LogP contribution in [0.5, 0.6) is 0 Å². The van der Waals surface area contributed by atoms with Gasteiger partial charge in [0.05, 0.1) is 49.1 Å². The lowest BCUT2D eigenvalue weighted by molar-refractivity contribution is -0.143. The molecule has 3 aliphatic rings. The van der Waals surface area contributed by atoms with E-state index in [0.29, 0.717) is 13.0 Å². The number of ether oxygens (including phenoxy) is 4. The van der Waals surface area contributed by atoms with E-state index in [1.54, 1.807) is 13.0 Å². The zero-order valence-corrected chi connectivity index (χ0v) is 26.6. The molecule has 1 spiro atoms. The van der Waals surface area contributed by atoms with E-state index >= 15 is 0 Å². The minimum atomic E-state index is -0.461. The summed E-state index contributed by atoms with van der Waals surface area (Å²) in [5, 5.41) is 6.03. The minimum absolute atomic E-state index is 0.0154. The summed E-state index contributed by atoms with van der Waals surface area (Å²) in [6, 6.07) is 9.79. The summed E-state index contributed by atoms with van der Waals surface area (Å²) in [4.78, 5) is 36.1. The van der Waals surface area contributed by atoms with Gasteiger partial charge in [-0.25, -0.2) is 0 Å². The van der Waals surface area contributed by atoms with E-state index in [9.17, 15) is 14.4 Å². The molecule has 0 aromatic heterocycles. The van der Waals surface area contributed by atoms with Crippen molar-refractivity contribution in [2.24, 2.45) is 5.92 Å². The van der Waals surface area contributed by atoms with Gasteiger partial charge in [0.1, 0.15) is 6.10 Å². The Labute approximate surface area is 261 Å². The Hall–Kier alpha value is -3.27. The molecule has 9 heteroatoms. The van der Waals surface area contributed by atoms with Crippen molar-refractivity contribution in [3.63, 3.8) is 0 Å². The van der Waals surface area contributed by atoms with Gasteiger partial charge in [0.15, 0.2) is 0 Å². The average Bonchev–Trinajstić information content (AvgIpc) is 3.72. The summed E-state index contributed by atoms with van der Waals surface area (Å²) in [6.07, 6.45) is 11.9. The smallest absolute Gasteiger partial charge is 0.303 e. The molecule has 2 amide bonds. The van der Waals surface area contributed by atoms with Crippen molar-refractivity contribution < 1.29 is 33.3 Å². The number of carbonyl (C=O) groups is 3. The summed E-state index contributed by atoms with van der Waals surface area (Å²) in [5.41, 5.74) is 2.02. The van der Waals surface area contributed by atoms with Crippen LogP contribution in [0, 0.1) is 5.92 Å². The molecule has 3 saturated heterocycles. The summed E-state index contributed by atoms with van der Waals surface area (Å²) in [6.45, 7) is 10.5. The number of epoxide rings is 1. The van der Waals surface area contributed by atoms with Gasteiger partial charge in [-0.15, -0.1) is 0 Å². The predicted molar refractivity (Wildman–Crippen MR) is 167 cm³/mol. The number of carbonyl (C=O) groups excluding carboxylic acids is 3. The van der Waals surface area contributed by atoms with Crippen LogP contribution in [0.15, 0.2) is 66.3 Å². The van der Waals surface area contributed by atoms with Crippen molar-refractivity contribution in [2.45, 2.75) is 115 Å². The minimum Gasteiger partial charge on any atom is -0.459 e. The number of nitrogens with one attached hydrogen (secondary N) is 2. The molecule has 4 rings (SSSR count). The van der Waals surface area contributed by atoms with Crippen molar-refractivity contribution in [1.29, 1.82) is 0 Å². The van der Waals surface area contributed by atoms with Crippen molar-refractivity contribution >= 4 is 17.8 Å². The number of rotatable bonds is 12. The fourth-order valence-electron chi connectivity index (χ4n) is 5.95. The highest BCUT2D eigenvalue weighted by Crippen LogP contribution is 2.43. The maximum absolute atomic E-state index is 12.6. The lowest BCUT2D eigenvalue weighted by Gasteiger charge is -2.39. The van der Waals surface area contributed by atoms with Gasteiger partial charge >= 0.3 is 5.97 Å². The highest BCUT2D eigenvalue weighted by molar-refractivity contribution is 5.87. The molecule has 2 N–H and O–H groups in total. The van der Waals surface area contributed by atoms with E-state index in [4.69, 9.17) is 18.9 Å². The van der Waals surface area contributed by atoms with E-state index in [2.05, 4.69) is 42.7 Å². The van der Waals surface area contributed by atoms with Gasteiger partial charge in [-0.1, -0.05) is 61.1 Å². The molecule has 1 aromatic carbocycles. The zero-order valence-electron chi connectivity index (χ0n) is 26.6. The molecule has 9 nitrogen and oxygen atoms in total. The molecule has 0 radical (unpaired) electrons. The lowest BCUT2D eigenvalue weighted by Crippen LogP contribution is -2.50. The Morgan fingerprint density at radius 1 is 1.09 bits per heavy atom. The maximum atomic E-state index is 12.6. The SMILES string of the molecule is CC(=O)O[C@@H](C)C=CC(=O)N[C@@H]1C[C@H](C)[C@H](CC=C(C)C=C[C@@H]2C[C@]3(CO3)C[C@@H](CC(=O)NCc3ccccc3)O2)O[C@@H]1C. The number of amides is 2. The van der Waals surface area contributed by atoms with Crippen LogP contribution in [-0.2, 0) is 39.9 Å². The molecular weight excluding hydrogens is 560 g/mol. The standard InChI is InChI=1S/C35H48N2O7/c1-23(12-15-32-24(2)17-31(26(4)43-32)37-33(39)16-13-25(3)42-27(5)38)11-14-29-19-35(22-41-35)20-30(44-29)18-34(40)36-21-28-9-7-6-8-10-28/h6-14,16,24-26,29-32H,15,17-22H2,1-5H3,(H,36,40)(H,37,39)/t24-,25-,26+,29+,30+,31+,32-,35+/m0/s1. The lowest BCUT2D eigenvalue weighted by atomic mass is 9.88. The van der Waals surface area contributed by atoms with Crippen molar-refractivity contribution in [3.05, 3.63) is 71.8 Å². The summed E-state index contributed by atoms with van der Waals surface area (Å²) in [5.74, 6) is -0.367. The van der Waals surface area contributed by atoms with Crippen LogP contribution in [0.25, 0.3) is 0 Å². The number of esters is 1. The maximum Gasteiger partial charge on any atom is 0.303 e. The first-order chi connectivity index (χ1) is 21.0. The molecule has 0 aliphatic carbocycles. The highest BCUT2D eigenvalue weighted by atomic mass is 16.6. The van der Waals surface area contributed by atoms with Crippen LogP contribution in [-0.4, -0.2) is 66.6 Å². The number of benzene rings is 1. The molecule has 0 bridgehead atoms. The van der Waals surface area contributed by atoms with E-state index in [1.807, 2.05) is 37.3 Å². The molecule has 8 atom stereocenters. The summed E-state index contributed by atoms with van der Waals surface area (Å²) >= 11 is 0. The van der Waals surface area contributed by atoms with E-state index < -0.39 is 6.10 Å². The molecule has 240 valence electrons. The third-order valence-corrected chi connectivity index (χ3v) is 8.50. The third kappa shape index (κ3) is 10.7. The van der Waals surface area contributed by atoms with Gasteiger partial charge in [0.25, 0.3) is 0 Å². The second-order valence-electron chi connectivity index (χ2n) is 12.6. The van der Waals surface area contributed by atoms with Crippen LogP contribution in [0.1, 0.15) is 72.3 Å². The molecular formula is C35H48N2O7. The van der Waals surface area contributed by atoms with Gasteiger partial charge in [-0.2, -0.15) is 0 Å². The number of hydrogen-bond acceptors (Lipinski definition) is 7. The highest BCUT2D eigenvalue weighted by Gasteiger charge is 2.51. The third-order valence-electron chi connectivity index (χ3n) is 8.50. The molecule has 3 aliphatic heterocycles. The van der Waals surface area contributed by atoms with Crippen molar-refractivity contribution in [3.8, 4) is 0 Å². The predicted octanol–water partition coefficient (Wildman–Crippen LogP) is 4.71. The van der Waals surface area contributed by atoms with Gasteiger partial charge in [-0.05, 0) is 51.2 Å². The molecule has 1 aromatic rings. The second kappa shape index (κ2) is 15.6.